The molecule has 0 heterocycles. The molecule has 0 amide bonds. The molecule has 0 aliphatic rings. The molecule has 0 saturated carbocycles. The Morgan fingerprint density at radius 1 is 1.88 bits per heavy atom. The average Bonchev–Trinajstić information content (AvgIpc) is 1.69. The molecular weight excluding hydrogens is 138 g/mol. The van der Waals surface area contributed by atoms with E-state index in [1.807, 2.05) is 0 Å². The van der Waals surface area contributed by atoms with E-state index in [-0.39, 0.29) is 0 Å². The summed E-state index contributed by atoms with van der Waals surface area (Å²) in [6, 6.07) is 0. The van der Waals surface area contributed by atoms with Gasteiger partial charge in [-0.2, -0.15) is 0 Å². The van der Waals surface area contributed by atoms with Crippen molar-refractivity contribution < 1.29 is 9.46 Å². The lowest BCUT2D eigenvalue weighted by molar-refractivity contribution is 0.524. The van der Waals surface area contributed by atoms with Crippen molar-refractivity contribution in [1.29, 1.82) is 0 Å². The van der Waals surface area contributed by atoms with Gasteiger partial charge in [0.2, 0.25) is 16.3 Å². The Bertz CT molecular complexity index is 49.3. The quantitative estimate of drug-likeness (QED) is 0.447. The largest absolute Gasteiger partial charge is 0.324 e. The highest BCUT2D eigenvalue weighted by Crippen LogP contribution is 1.97. The van der Waals surface area contributed by atoms with Gasteiger partial charge in [-0.15, -0.1) is 0 Å². The lowest BCUT2D eigenvalue weighted by Gasteiger charge is -1.89. The van der Waals surface area contributed by atoms with Gasteiger partial charge in [-0.3, -0.25) is 0 Å². The summed E-state index contributed by atoms with van der Waals surface area (Å²) >= 11 is 1.37. The molecule has 1 unspecified atom stereocenters. The van der Waals surface area contributed by atoms with Crippen molar-refractivity contribution in [3.63, 3.8) is 0 Å². The maximum Gasteiger partial charge on any atom is 0.324 e. The molecule has 0 saturated heterocycles. The minimum atomic E-state index is -0.833. The first kappa shape index (κ1) is 11.4. The van der Waals surface area contributed by atoms with Crippen LogP contribution in [0.4, 0.5) is 0 Å². The Hall–Kier alpha value is 0.592. The zero-order chi connectivity index (χ0) is 6.99. The first-order valence-electron chi connectivity index (χ1n) is 2.65. The fraction of sp³-hybridized carbons (Fsp3) is 1.00. The second-order valence-electron chi connectivity index (χ2n) is 1.88. The van der Waals surface area contributed by atoms with Gasteiger partial charge in [0.25, 0.3) is 0 Å². The summed E-state index contributed by atoms with van der Waals surface area (Å²) in [7, 11) is -0.833. The van der Waals surface area contributed by atoms with Crippen LogP contribution in [-0.4, -0.2) is 21.2 Å². The van der Waals surface area contributed by atoms with E-state index in [0.717, 1.165) is 4.78 Å². The maximum atomic E-state index is 8.46. The van der Waals surface area contributed by atoms with Crippen molar-refractivity contribution in [2.45, 2.75) is 25.0 Å². The molecule has 1 N–H and O–H groups in total. The van der Waals surface area contributed by atoms with E-state index in [1.165, 1.54) is 22.7 Å². The van der Waals surface area contributed by atoms with Crippen LogP contribution in [0.1, 0.15) is 20.3 Å². The molecule has 0 aliphatic carbocycles. The van der Waals surface area contributed by atoms with Crippen LogP contribution in [0.3, 0.4) is 0 Å². The smallest absolute Gasteiger partial charge is 0.310 e. The van der Waals surface area contributed by atoms with E-state index in [9.17, 15) is 0 Å². The average molecular weight is 150 g/mol. The molecular formula is C4H12AlO2P. The Morgan fingerprint density at radius 3 is 2.00 bits per heavy atom. The van der Waals surface area contributed by atoms with Crippen LogP contribution in [0, 0.1) is 0 Å². The Labute approximate surface area is 60.0 Å². The molecule has 0 radical (unpaired) electrons. The molecule has 2 nitrogen and oxygen atoms in total. The minimum Gasteiger partial charge on any atom is -0.310 e. The summed E-state index contributed by atoms with van der Waals surface area (Å²) in [5.74, 6) is 0. The molecule has 4 heteroatoms. The van der Waals surface area contributed by atoms with E-state index >= 15 is 0 Å². The first-order valence-corrected chi connectivity index (χ1v) is 4.57. The van der Waals surface area contributed by atoms with Gasteiger partial charge in [0, 0.05) is 0 Å². The van der Waals surface area contributed by atoms with Crippen LogP contribution in [-0.2, 0) is 4.57 Å². The van der Waals surface area contributed by atoms with Gasteiger partial charge in [-0.05, 0) is 0 Å². The highest BCUT2D eigenvalue weighted by atomic mass is 31.1. The molecule has 8 heavy (non-hydrogen) atoms. The molecule has 0 aromatic rings. The van der Waals surface area contributed by atoms with Crippen molar-refractivity contribution in [3.05, 3.63) is 0 Å². The van der Waals surface area contributed by atoms with E-state index in [4.69, 9.17) is 9.46 Å². The SMILES string of the molecule is CC[CH](C)[AlH2].O=PO. The molecule has 0 bridgehead atoms. The van der Waals surface area contributed by atoms with Gasteiger partial charge in [-0.25, -0.2) is 4.57 Å². The molecule has 0 rings (SSSR count). The number of hydrogen-bond acceptors (Lipinski definition) is 1. The van der Waals surface area contributed by atoms with E-state index in [2.05, 4.69) is 13.8 Å². The summed E-state index contributed by atoms with van der Waals surface area (Å²) < 4.78 is 9.48. The summed E-state index contributed by atoms with van der Waals surface area (Å²) in [5, 5.41) is 0. The fourth-order valence-corrected chi connectivity index (χ4v) is 0. The molecule has 0 spiro atoms. The molecule has 0 aromatic heterocycles. The van der Waals surface area contributed by atoms with Crippen molar-refractivity contribution in [3.8, 4) is 0 Å². The zero-order valence-corrected chi connectivity index (χ0v) is 8.48. The highest BCUT2D eigenvalue weighted by molar-refractivity contribution is 7.16. The molecule has 48 valence electrons. The van der Waals surface area contributed by atoms with Crippen LogP contribution in [0.5, 0.6) is 0 Å². The normalized spacial score (nSPS) is 11.9. The maximum absolute atomic E-state index is 8.46. The Balaban J connectivity index is 0. The standard InChI is InChI=1S/C4H9.Al.HO2P.2H/c1-3-4-2;;1-3-2;;/h3H,4H2,1-2H3;;(H,1,2);;. The molecule has 0 fully saturated rings. The highest BCUT2D eigenvalue weighted by Gasteiger charge is 1.81. The van der Waals surface area contributed by atoms with Crippen molar-refractivity contribution in [2.24, 2.45) is 0 Å². The van der Waals surface area contributed by atoms with Gasteiger partial charge in [-0.1, -0.05) is 25.0 Å². The molecule has 0 aliphatic heterocycles. The van der Waals surface area contributed by atoms with Crippen LogP contribution < -0.4 is 0 Å². The Morgan fingerprint density at radius 2 is 2.00 bits per heavy atom. The van der Waals surface area contributed by atoms with Crippen LogP contribution in [0.15, 0.2) is 0 Å². The second kappa shape index (κ2) is 10.6. The monoisotopic (exact) mass is 150 g/mol. The lowest BCUT2D eigenvalue weighted by atomic mass is 10.4. The minimum absolute atomic E-state index is 0.833. The van der Waals surface area contributed by atoms with Gasteiger partial charge < -0.3 is 4.89 Å². The first-order chi connectivity index (χ1) is 3.68. The zero-order valence-electron chi connectivity index (χ0n) is 5.59. The lowest BCUT2D eigenvalue weighted by Crippen LogP contribution is -1.76. The Kier molecular flexibility index (Phi) is 15.0. The summed E-state index contributed by atoms with van der Waals surface area (Å²) in [4.78, 5) is 6.99. The van der Waals surface area contributed by atoms with Crippen LogP contribution in [0.2, 0.25) is 4.78 Å². The van der Waals surface area contributed by atoms with Gasteiger partial charge in [0.05, 0.1) is 0 Å². The van der Waals surface area contributed by atoms with Crippen LogP contribution >= 0.6 is 8.69 Å². The third kappa shape index (κ3) is 30.7. The third-order valence-corrected chi connectivity index (χ3v) is 1.63. The predicted molar refractivity (Wildman–Crippen MR) is 38.1 cm³/mol. The summed E-state index contributed by atoms with van der Waals surface area (Å²) in [6.45, 7) is 4.52. The van der Waals surface area contributed by atoms with Crippen molar-refractivity contribution >= 4 is 25.0 Å². The van der Waals surface area contributed by atoms with E-state index in [1.54, 1.807) is 0 Å². The molecule has 1 atom stereocenters. The van der Waals surface area contributed by atoms with Gasteiger partial charge >= 0.3 is 8.69 Å². The van der Waals surface area contributed by atoms with Crippen molar-refractivity contribution in [1.82, 2.24) is 0 Å². The summed E-state index contributed by atoms with van der Waals surface area (Å²) in [5.41, 5.74) is 0. The summed E-state index contributed by atoms with van der Waals surface area (Å²) in [6.07, 6.45) is 1.37. The number of rotatable bonds is 1. The van der Waals surface area contributed by atoms with Gasteiger partial charge in [0.1, 0.15) is 0 Å². The number of hydrogen-bond donors (Lipinski definition) is 1. The van der Waals surface area contributed by atoms with E-state index in [0.29, 0.717) is 0 Å². The van der Waals surface area contributed by atoms with Gasteiger partial charge in [0.15, 0.2) is 0 Å². The van der Waals surface area contributed by atoms with Crippen molar-refractivity contribution in [2.75, 3.05) is 0 Å². The third-order valence-electron chi connectivity index (χ3n) is 0.816. The topological polar surface area (TPSA) is 37.3 Å². The second-order valence-corrected chi connectivity index (χ2v) is 4.02. The predicted octanol–water partition coefficient (Wildman–Crippen LogP) is 1.02. The molecule has 0 aromatic carbocycles. The van der Waals surface area contributed by atoms with Crippen LogP contribution in [0.25, 0.3) is 0 Å². The fourth-order valence-electron chi connectivity index (χ4n) is 0. The van der Waals surface area contributed by atoms with E-state index < -0.39 is 8.69 Å².